The molecule has 0 aliphatic carbocycles. The fraction of sp³-hybridized carbons (Fsp3) is 0.118. The van der Waals surface area contributed by atoms with Crippen molar-refractivity contribution >= 4 is 23.6 Å². The van der Waals surface area contributed by atoms with Crippen LogP contribution in [0.3, 0.4) is 0 Å². The van der Waals surface area contributed by atoms with Crippen LogP contribution >= 0.6 is 0 Å². The van der Waals surface area contributed by atoms with Gasteiger partial charge in [0.05, 0.1) is 0 Å². The lowest BCUT2D eigenvalue weighted by Crippen LogP contribution is -2.21. The zero-order valence-corrected chi connectivity index (χ0v) is 14.1. The fourth-order valence-corrected chi connectivity index (χ4v) is 2.02. The van der Waals surface area contributed by atoms with E-state index >= 15 is 0 Å². The second kappa shape index (κ2) is 8.21. The van der Waals surface area contributed by atoms with Gasteiger partial charge in [0.1, 0.15) is 0 Å². The number of anilines is 3. The van der Waals surface area contributed by atoms with E-state index in [1.165, 1.54) is 11.1 Å². The van der Waals surface area contributed by atoms with Gasteiger partial charge in [-0.3, -0.25) is 0 Å². The zero-order chi connectivity index (χ0) is 20.0. The Bertz CT molecular complexity index is 893. The minimum atomic E-state index is -5.08. The van der Waals surface area contributed by atoms with Crippen LogP contribution in [-0.4, -0.2) is 32.0 Å². The average Bonchev–Trinajstić information content (AvgIpc) is 2.93. The molecule has 0 aliphatic rings. The van der Waals surface area contributed by atoms with E-state index in [-0.39, 0.29) is 5.95 Å². The molecule has 1 heterocycles. The number of aliphatic carboxylic acids is 1. The summed E-state index contributed by atoms with van der Waals surface area (Å²) in [5.74, 6) is -1.88. The first-order valence-electron chi connectivity index (χ1n) is 7.56. The van der Waals surface area contributed by atoms with Gasteiger partial charge in [0, 0.05) is 12.7 Å². The molecule has 10 heteroatoms. The zero-order valence-electron chi connectivity index (χ0n) is 14.1. The highest BCUT2D eigenvalue weighted by atomic mass is 19.4. The van der Waals surface area contributed by atoms with Gasteiger partial charge in [-0.2, -0.15) is 18.2 Å². The normalized spacial score (nSPS) is 10.7. The smallest absolute Gasteiger partial charge is 0.475 e. The monoisotopic (exact) mass is 379 g/mol. The second-order valence-electron chi connectivity index (χ2n) is 5.29. The lowest BCUT2D eigenvalue weighted by Gasteiger charge is -2.06. The molecule has 0 spiro atoms. The molecular formula is C17H16F3N5O2. The number of nitrogens with zero attached hydrogens (tertiary/aromatic N) is 3. The van der Waals surface area contributed by atoms with Gasteiger partial charge in [-0.1, -0.05) is 42.5 Å². The van der Waals surface area contributed by atoms with Crippen LogP contribution in [-0.2, 0) is 11.8 Å². The van der Waals surface area contributed by atoms with Crippen LogP contribution in [0.1, 0.15) is 0 Å². The molecule has 0 atom stereocenters. The van der Waals surface area contributed by atoms with Crippen LogP contribution in [0.2, 0.25) is 0 Å². The summed E-state index contributed by atoms with van der Waals surface area (Å²) in [4.78, 5) is 13.0. The molecule has 3 rings (SSSR count). The Morgan fingerprint density at radius 1 is 1.07 bits per heavy atom. The number of rotatable bonds is 3. The molecule has 3 aromatic rings. The largest absolute Gasteiger partial charge is 0.490 e. The van der Waals surface area contributed by atoms with Gasteiger partial charge in [0.15, 0.2) is 0 Å². The van der Waals surface area contributed by atoms with Crippen molar-refractivity contribution in [3.05, 3.63) is 54.6 Å². The summed E-state index contributed by atoms with van der Waals surface area (Å²) < 4.78 is 33.3. The molecular weight excluding hydrogens is 363 g/mol. The number of hydrogen-bond acceptors (Lipinski definition) is 5. The number of aromatic nitrogens is 3. The van der Waals surface area contributed by atoms with Crippen molar-refractivity contribution in [2.75, 3.05) is 11.1 Å². The number of hydrogen-bond donors (Lipinski definition) is 3. The van der Waals surface area contributed by atoms with Crippen LogP contribution in [0.25, 0.3) is 11.1 Å². The molecule has 142 valence electrons. The van der Waals surface area contributed by atoms with Crippen molar-refractivity contribution in [1.29, 1.82) is 0 Å². The number of carbonyl (C=O) groups is 1. The Hall–Kier alpha value is -3.56. The number of nitrogens with one attached hydrogen (secondary N) is 1. The van der Waals surface area contributed by atoms with E-state index in [1.54, 1.807) is 11.7 Å². The minimum Gasteiger partial charge on any atom is -0.475 e. The van der Waals surface area contributed by atoms with E-state index < -0.39 is 12.1 Å². The van der Waals surface area contributed by atoms with E-state index in [2.05, 4.69) is 39.7 Å². The number of nitrogens with two attached hydrogens (primary N) is 1. The van der Waals surface area contributed by atoms with Crippen molar-refractivity contribution in [3.8, 4) is 11.1 Å². The number of benzene rings is 2. The first-order chi connectivity index (χ1) is 12.7. The van der Waals surface area contributed by atoms with Crippen LogP contribution < -0.4 is 11.1 Å². The van der Waals surface area contributed by atoms with Crippen molar-refractivity contribution in [3.63, 3.8) is 0 Å². The van der Waals surface area contributed by atoms with Crippen LogP contribution in [0.4, 0.5) is 30.8 Å². The number of aryl methyl sites for hydroxylation is 1. The van der Waals surface area contributed by atoms with Gasteiger partial charge in [0.2, 0.25) is 11.9 Å². The van der Waals surface area contributed by atoms with Gasteiger partial charge in [-0.05, 0) is 23.3 Å². The van der Waals surface area contributed by atoms with Crippen LogP contribution in [0.15, 0.2) is 54.6 Å². The predicted molar refractivity (Wildman–Crippen MR) is 94.3 cm³/mol. The maximum atomic E-state index is 10.6. The Morgan fingerprint density at radius 2 is 1.59 bits per heavy atom. The van der Waals surface area contributed by atoms with Gasteiger partial charge in [0.25, 0.3) is 0 Å². The fourth-order valence-electron chi connectivity index (χ4n) is 2.02. The summed E-state index contributed by atoms with van der Waals surface area (Å²) in [5.41, 5.74) is 8.87. The average molecular weight is 379 g/mol. The molecule has 0 bridgehead atoms. The van der Waals surface area contributed by atoms with Crippen molar-refractivity contribution in [1.82, 2.24) is 14.8 Å². The molecule has 0 amide bonds. The highest BCUT2D eigenvalue weighted by Crippen LogP contribution is 2.22. The molecule has 7 nitrogen and oxygen atoms in total. The Kier molecular flexibility index (Phi) is 6.01. The molecule has 0 aliphatic heterocycles. The SMILES string of the molecule is Cn1nc(N)nc1Nc1ccc(-c2ccccc2)cc1.O=C(O)C(F)(F)F. The van der Waals surface area contributed by atoms with Gasteiger partial charge in [-0.15, -0.1) is 5.10 Å². The van der Waals surface area contributed by atoms with Gasteiger partial charge in [-0.25, -0.2) is 9.48 Å². The predicted octanol–water partition coefficient (Wildman–Crippen LogP) is 3.44. The topological polar surface area (TPSA) is 106 Å². The summed E-state index contributed by atoms with van der Waals surface area (Å²) in [6.07, 6.45) is -5.08. The lowest BCUT2D eigenvalue weighted by molar-refractivity contribution is -0.192. The third-order valence-electron chi connectivity index (χ3n) is 3.27. The standard InChI is InChI=1S/C15H15N5.C2HF3O2/c1-20-15(18-14(16)19-20)17-13-9-7-12(8-10-13)11-5-3-2-4-6-11;3-2(4,5)1(6)7/h2-10H,1H3,(H3,16,17,18,19);(H,6,7). The number of carboxylic acid groups (broad SMARTS) is 1. The van der Waals surface area contributed by atoms with Gasteiger partial charge < -0.3 is 16.2 Å². The summed E-state index contributed by atoms with van der Waals surface area (Å²) in [6.45, 7) is 0. The molecule has 27 heavy (non-hydrogen) atoms. The Labute approximate surface area is 152 Å². The highest BCUT2D eigenvalue weighted by Gasteiger charge is 2.38. The molecule has 0 unspecified atom stereocenters. The van der Waals surface area contributed by atoms with E-state index in [1.807, 2.05) is 30.3 Å². The summed E-state index contributed by atoms with van der Waals surface area (Å²) in [6, 6.07) is 18.4. The number of carboxylic acids is 1. The van der Waals surface area contributed by atoms with E-state index in [4.69, 9.17) is 15.6 Å². The number of halogens is 3. The van der Waals surface area contributed by atoms with Crippen LogP contribution in [0, 0.1) is 0 Å². The van der Waals surface area contributed by atoms with E-state index in [0.29, 0.717) is 5.95 Å². The Morgan fingerprint density at radius 3 is 2.04 bits per heavy atom. The molecule has 0 radical (unpaired) electrons. The lowest BCUT2D eigenvalue weighted by atomic mass is 10.1. The van der Waals surface area contributed by atoms with Gasteiger partial charge >= 0.3 is 12.1 Å². The maximum Gasteiger partial charge on any atom is 0.490 e. The molecule has 2 aromatic carbocycles. The molecule has 1 aromatic heterocycles. The first kappa shape index (κ1) is 19.8. The maximum absolute atomic E-state index is 10.6. The Balaban J connectivity index is 0.000000321. The van der Waals surface area contributed by atoms with Crippen LogP contribution in [0.5, 0.6) is 0 Å². The van der Waals surface area contributed by atoms with Crippen molar-refractivity contribution in [2.24, 2.45) is 7.05 Å². The quantitative estimate of drug-likeness (QED) is 0.644. The molecule has 4 N–H and O–H groups in total. The first-order valence-corrected chi connectivity index (χ1v) is 7.56. The van der Waals surface area contributed by atoms with E-state index in [0.717, 1.165) is 5.69 Å². The third kappa shape index (κ3) is 5.73. The number of alkyl halides is 3. The van der Waals surface area contributed by atoms with E-state index in [9.17, 15) is 13.2 Å². The molecule has 0 saturated heterocycles. The summed E-state index contributed by atoms with van der Waals surface area (Å²) in [5, 5.41) is 14.3. The molecule has 0 saturated carbocycles. The van der Waals surface area contributed by atoms with Crippen molar-refractivity contribution in [2.45, 2.75) is 6.18 Å². The summed E-state index contributed by atoms with van der Waals surface area (Å²) in [7, 11) is 1.80. The second-order valence-corrected chi connectivity index (χ2v) is 5.29. The number of nitrogen functional groups attached to an aromatic ring is 1. The molecule has 0 fully saturated rings. The highest BCUT2D eigenvalue weighted by molar-refractivity contribution is 5.73. The van der Waals surface area contributed by atoms with Crippen molar-refractivity contribution < 1.29 is 23.1 Å². The summed E-state index contributed by atoms with van der Waals surface area (Å²) >= 11 is 0. The third-order valence-corrected chi connectivity index (χ3v) is 3.27. The minimum absolute atomic E-state index is 0.260.